The number of likely N-dealkylation sites (tertiary alicyclic amines) is 1. The molecule has 0 amide bonds. The van der Waals surface area contributed by atoms with Gasteiger partial charge in [0.1, 0.15) is 0 Å². The normalized spacial score (nSPS) is 22.7. The molecule has 2 unspecified atom stereocenters. The monoisotopic (exact) mass is 260 g/mol. The van der Waals surface area contributed by atoms with Crippen molar-refractivity contribution in [2.45, 2.75) is 45.6 Å². The van der Waals surface area contributed by atoms with E-state index in [-0.39, 0.29) is 0 Å². The van der Waals surface area contributed by atoms with Crippen LogP contribution in [0.5, 0.6) is 0 Å². The van der Waals surface area contributed by atoms with Crippen LogP contribution >= 0.6 is 0 Å². The zero-order chi connectivity index (χ0) is 13.8. The number of nitrogens with two attached hydrogens (primary N) is 1. The van der Waals surface area contributed by atoms with Gasteiger partial charge >= 0.3 is 0 Å². The molecule has 2 nitrogen and oxygen atoms in total. The van der Waals surface area contributed by atoms with Gasteiger partial charge in [0.05, 0.1) is 0 Å². The molecule has 0 aliphatic carbocycles. The number of nitrogens with zero attached hydrogens (tertiary/aromatic N) is 1. The quantitative estimate of drug-likeness (QED) is 0.897. The molecule has 1 heterocycles. The van der Waals surface area contributed by atoms with Crippen LogP contribution in [0, 0.1) is 5.92 Å². The van der Waals surface area contributed by atoms with Crippen molar-refractivity contribution in [3.63, 3.8) is 0 Å². The molecule has 0 bridgehead atoms. The maximum Gasteiger partial charge on any atom is 0.0320 e. The number of piperidine rings is 1. The minimum atomic E-state index is 0.510. The smallest absolute Gasteiger partial charge is 0.0320 e. The molecule has 1 saturated heterocycles. The van der Waals surface area contributed by atoms with Crippen LogP contribution < -0.4 is 5.73 Å². The summed E-state index contributed by atoms with van der Waals surface area (Å²) in [5, 5.41) is 0. The highest BCUT2D eigenvalue weighted by atomic mass is 15.2. The molecule has 106 valence electrons. The van der Waals surface area contributed by atoms with E-state index in [0.717, 1.165) is 13.1 Å². The SMILES string of the molecule is CC(C)c1ccc(C(C)N2CCCC(CN)C2)cc1. The lowest BCUT2D eigenvalue weighted by Gasteiger charge is -2.36. The van der Waals surface area contributed by atoms with Crippen molar-refractivity contribution in [2.24, 2.45) is 11.7 Å². The van der Waals surface area contributed by atoms with Gasteiger partial charge in [-0.15, -0.1) is 0 Å². The number of rotatable bonds is 4. The van der Waals surface area contributed by atoms with Crippen LogP contribution in [0.25, 0.3) is 0 Å². The fraction of sp³-hybridized carbons (Fsp3) is 0.647. The van der Waals surface area contributed by atoms with Crippen LogP contribution in [0.2, 0.25) is 0 Å². The predicted octanol–water partition coefficient (Wildman–Crippen LogP) is 3.54. The first-order valence-electron chi connectivity index (χ1n) is 7.65. The number of benzene rings is 1. The second-order valence-electron chi connectivity index (χ2n) is 6.24. The molecule has 0 spiro atoms. The Balaban J connectivity index is 2.04. The zero-order valence-corrected chi connectivity index (χ0v) is 12.6. The standard InChI is InChI=1S/C17H28N2/c1-13(2)16-6-8-17(9-7-16)14(3)19-10-4-5-15(11-18)12-19/h6-9,13-15H,4-5,10-12,18H2,1-3H3. The summed E-state index contributed by atoms with van der Waals surface area (Å²) in [6.45, 7) is 10.0. The third-order valence-corrected chi connectivity index (χ3v) is 4.52. The van der Waals surface area contributed by atoms with Gasteiger partial charge in [-0.2, -0.15) is 0 Å². The first kappa shape index (κ1) is 14.5. The molecule has 2 N–H and O–H groups in total. The Morgan fingerprint density at radius 3 is 2.37 bits per heavy atom. The van der Waals surface area contributed by atoms with E-state index in [1.807, 2.05) is 0 Å². The molecular weight excluding hydrogens is 232 g/mol. The summed E-state index contributed by atoms with van der Waals surface area (Å²) in [5.74, 6) is 1.30. The van der Waals surface area contributed by atoms with Gasteiger partial charge in [-0.05, 0) is 55.8 Å². The highest BCUT2D eigenvalue weighted by Gasteiger charge is 2.23. The Labute approximate surface area is 118 Å². The zero-order valence-electron chi connectivity index (χ0n) is 12.6. The molecule has 2 heteroatoms. The fourth-order valence-electron chi connectivity index (χ4n) is 3.01. The van der Waals surface area contributed by atoms with E-state index in [1.54, 1.807) is 0 Å². The van der Waals surface area contributed by atoms with Crippen LogP contribution in [-0.2, 0) is 0 Å². The fourth-order valence-corrected chi connectivity index (χ4v) is 3.01. The molecule has 1 aromatic rings. The molecule has 0 radical (unpaired) electrons. The summed E-state index contributed by atoms with van der Waals surface area (Å²) >= 11 is 0. The molecule has 19 heavy (non-hydrogen) atoms. The van der Waals surface area contributed by atoms with Gasteiger partial charge < -0.3 is 5.73 Å². The van der Waals surface area contributed by atoms with Crippen LogP contribution in [0.15, 0.2) is 24.3 Å². The number of hydrogen-bond acceptors (Lipinski definition) is 2. The van der Waals surface area contributed by atoms with Gasteiger partial charge in [0.15, 0.2) is 0 Å². The Hall–Kier alpha value is -0.860. The topological polar surface area (TPSA) is 29.3 Å². The lowest BCUT2D eigenvalue weighted by Crippen LogP contribution is -2.39. The van der Waals surface area contributed by atoms with Crippen LogP contribution in [0.3, 0.4) is 0 Å². The first-order chi connectivity index (χ1) is 9.11. The lowest BCUT2D eigenvalue weighted by molar-refractivity contribution is 0.134. The first-order valence-corrected chi connectivity index (χ1v) is 7.65. The average molecular weight is 260 g/mol. The Bertz CT molecular complexity index is 383. The summed E-state index contributed by atoms with van der Waals surface area (Å²) in [4.78, 5) is 2.59. The van der Waals surface area contributed by atoms with Crippen LogP contribution in [0.1, 0.15) is 56.7 Å². The van der Waals surface area contributed by atoms with E-state index in [0.29, 0.717) is 17.9 Å². The third-order valence-electron chi connectivity index (χ3n) is 4.52. The van der Waals surface area contributed by atoms with Crippen molar-refractivity contribution in [1.82, 2.24) is 4.90 Å². The van der Waals surface area contributed by atoms with Crippen LogP contribution in [0.4, 0.5) is 0 Å². The van der Waals surface area contributed by atoms with Gasteiger partial charge in [-0.3, -0.25) is 4.90 Å². The maximum absolute atomic E-state index is 5.83. The summed E-state index contributed by atoms with van der Waals surface area (Å²) in [5.41, 5.74) is 8.69. The summed E-state index contributed by atoms with van der Waals surface area (Å²) in [7, 11) is 0. The van der Waals surface area contributed by atoms with Crippen molar-refractivity contribution in [3.05, 3.63) is 35.4 Å². The number of hydrogen-bond donors (Lipinski definition) is 1. The highest BCUT2D eigenvalue weighted by Crippen LogP contribution is 2.27. The van der Waals surface area contributed by atoms with Crippen molar-refractivity contribution >= 4 is 0 Å². The summed E-state index contributed by atoms with van der Waals surface area (Å²) in [6, 6.07) is 9.66. The van der Waals surface area contributed by atoms with E-state index >= 15 is 0 Å². The average Bonchev–Trinajstić information content (AvgIpc) is 2.46. The Kier molecular flexibility index (Phi) is 5.00. The Morgan fingerprint density at radius 1 is 1.16 bits per heavy atom. The molecule has 2 atom stereocenters. The Morgan fingerprint density at radius 2 is 1.79 bits per heavy atom. The van der Waals surface area contributed by atoms with Crippen molar-refractivity contribution in [3.8, 4) is 0 Å². The highest BCUT2D eigenvalue weighted by molar-refractivity contribution is 5.26. The van der Waals surface area contributed by atoms with Crippen LogP contribution in [-0.4, -0.2) is 24.5 Å². The lowest BCUT2D eigenvalue weighted by atomic mass is 9.94. The molecule has 1 fully saturated rings. The van der Waals surface area contributed by atoms with Crippen molar-refractivity contribution in [1.29, 1.82) is 0 Å². The largest absolute Gasteiger partial charge is 0.330 e. The minimum absolute atomic E-state index is 0.510. The molecule has 1 aliphatic heterocycles. The van der Waals surface area contributed by atoms with Gasteiger partial charge in [0.2, 0.25) is 0 Å². The maximum atomic E-state index is 5.83. The van der Waals surface area contributed by atoms with Crippen molar-refractivity contribution < 1.29 is 0 Å². The molecular formula is C17H28N2. The van der Waals surface area contributed by atoms with E-state index in [1.165, 1.54) is 30.5 Å². The van der Waals surface area contributed by atoms with Gasteiger partial charge in [0, 0.05) is 12.6 Å². The molecule has 1 aliphatic rings. The van der Waals surface area contributed by atoms with Gasteiger partial charge in [-0.1, -0.05) is 38.1 Å². The summed E-state index contributed by atoms with van der Waals surface area (Å²) in [6.07, 6.45) is 2.59. The summed E-state index contributed by atoms with van der Waals surface area (Å²) < 4.78 is 0. The third kappa shape index (κ3) is 3.58. The van der Waals surface area contributed by atoms with E-state index in [2.05, 4.69) is 49.9 Å². The molecule has 1 aromatic carbocycles. The molecule has 0 saturated carbocycles. The minimum Gasteiger partial charge on any atom is -0.330 e. The second-order valence-corrected chi connectivity index (χ2v) is 6.24. The van der Waals surface area contributed by atoms with E-state index in [9.17, 15) is 0 Å². The van der Waals surface area contributed by atoms with Gasteiger partial charge in [0.25, 0.3) is 0 Å². The van der Waals surface area contributed by atoms with Crippen molar-refractivity contribution in [2.75, 3.05) is 19.6 Å². The molecule has 2 rings (SSSR count). The molecule has 0 aromatic heterocycles. The van der Waals surface area contributed by atoms with Gasteiger partial charge in [-0.25, -0.2) is 0 Å². The second kappa shape index (κ2) is 6.53. The van der Waals surface area contributed by atoms with E-state index in [4.69, 9.17) is 5.73 Å². The van der Waals surface area contributed by atoms with E-state index < -0.39 is 0 Å². The predicted molar refractivity (Wildman–Crippen MR) is 82.3 cm³/mol.